The fraction of sp³-hybridized carbons (Fsp3) is 0.816. The average molecular weight is 840 g/mol. The molecule has 7 rings (SSSR count). The molecule has 1 saturated heterocycles. The van der Waals surface area contributed by atoms with Crippen LogP contribution in [0, 0.1) is 56.2 Å². The summed E-state index contributed by atoms with van der Waals surface area (Å²) < 4.78 is 19.6. The normalized spacial score (nSPS) is 46.4. The number of aliphatic hydroxyl groups is 5. The highest BCUT2D eigenvalue weighted by molar-refractivity contribution is 5.77. The zero-order valence-electron chi connectivity index (χ0n) is 37.5. The number of benzene rings is 1. The van der Waals surface area contributed by atoms with Crippen molar-refractivity contribution in [3.8, 4) is 0 Å². The third-order valence-corrected chi connectivity index (χ3v) is 18.3. The Morgan fingerprint density at radius 2 is 1.62 bits per heavy atom. The van der Waals surface area contributed by atoms with Crippen LogP contribution in [0.2, 0.25) is 0 Å². The second kappa shape index (κ2) is 17.2. The van der Waals surface area contributed by atoms with Gasteiger partial charge in [-0.3, -0.25) is 4.79 Å². The van der Waals surface area contributed by atoms with Crippen molar-refractivity contribution in [2.45, 2.75) is 169 Å². The molecule has 60 heavy (non-hydrogen) atoms. The first kappa shape index (κ1) is 46.1. The van der Waals surface area contributed by atoms with E-state index in [4.69, 9.17) is 14.2 Å². The predicted molar refractivity (Wildman–Crippen MR) is 228 cm³/mol. The number of ether oxygens (including phenoxy) is 3. The van der Waals surface area contributed by atoms with Gasteiger partial charge in [0, 0.05) is 18.6 Å². The Labute approximate surface area is 358 Å². The van der Waals surface area contributed by atoms with Crippen molar-refractivity contribution >= 4 is 5.97 Å². The van der Waals surface area contributed by atoms with Crippen LogP contribution in [-0.2, 0) is 32.2 Å². The number of nitrogens with one attached hydrogen (secondary N) is 1. The summed E-state index contributed by atoms with van der Waals surface area (Å²) in [5.41, 5.74) is 0.680. The first-order valence-corrected chi connectivity index (χ1v) is 23.2. The lowest BCUT2D eigenvalue weighted by Gasteiger charge is -2.73. The molecule has 1 aromatic carbocycles. The Hall–Kier alpha value is -1.93. The van der Waals surface area contributed by atoms with Gasteiger partial charge in [-0.1, -0.05) is 96.7 Å². The minimum absolute atomic E-state index is 0.00107. The third kappa shape index (κ3) is 7.35. The second-order valence-corrected chi connectivity index (χ2v) is 21.6. The predicted octanol–water partition coefficient (Wildman–Crippen LogP) is 6.36. The Balaban J connectivity index is 1.30. The van der Waals surface area contributed by atoms with Gasteiger partial charge in [0.05, 0.1) is 37.4 Å². The molecule has 6 aliphatic rings. The summed E-state index contributed by atoms with van der Waals surface area (Å²) >= 11 is 0. The van der Waals surface area contributed by atoms with Crippen molar-refractivity contribution in [2.75, 3.05) is 26.9 Å². The van der Waals surface area contributed by atoms with E-state index in [0.29, 0.717) is 38.7 Å². The van der Waals surface area contributed by atoms with Gasteiger partial charge in [-0.15, -0.1) is 0 Å². The minimum Gasteiger partial charge on any atom is -0.481 e. The highest BCUT2D eigenvalue weighted by Crippen LogP contribution is 2.77. The zero-order valence-corrected chi connectivity index (χ0v) is 37.5. The quantitative estimate of drug-likeness (QED) is 0.0630. The summed E-state index contributed by atoms with van der Waals surface area (Å²) in [7, 11) is 1.92. The molecule has 0 bridgehead atoms. The van der Waals surface area contributed by atoms with Gasteiger partial charge in [-0.25, -0.2) is 0 Å². The second-order valence-electron chi connectivity index (χ2n) is 21.6. The van der Waals surface area contributed by atoms with Crippen LogP contribution in [0.5, 0.6) is 0 Å². The molecule has 16 atom stereocenters. The lowest BCUT2D eigenvalue weighted by molar-refractivity contribution is -0.333. The number of carboxylic acid groups (broad SMARTS) is 1. The number of fused-ring (bicyclic) bond motifs is 7. The molecule has 5 fully saturated rings. The molecular formula is C49H77NO10. The largest absolute Gasteiger partial charge is 0.481 e. The van der Waals surface area contributed by atoms with Crippen LogP contribution in [0.1, 0.15) is 130 Å². The lowest BCUT2D eigenvalue weighted by atomic mass is 9.31. The summed E-state index contributed by atoms with van der Waals surface area (Å²) in [6, 6.07) is 8.33. The van der Waals surface area contributed by atoms with E-state index in [1.807, 2.05) is 7.05 Å². The van der Waals surface area contributed by atoms with Crippen molar-refractivity contribution in [1.82, 2.24) is 5.32 Å². The summed E-state index contributed by atoms with van der Waals surface area (Å²) in [4.78, 5) is 13.7. The molecule has 11 nitrogen and oxygen atoms in total. The highest BCUT2D eigenvalue weighted by atomic mass is 16.7. The Morgan fingerprint density at radius 3 is 2.27 bits per heavy atom. The Morgan fingerprint density at radius 1 is 0.900 bits per heavy atom. The molecule has 1 aromatic rings. The van der Waals surface area contributed by atoms with Crippen molar-refractivity contribution in [3.05, 3.63) is 47.0 Å². The maximum absolute atomic E-state index is 13.7. The van der Waals surface area contributed by atoms with Crippen LogP contribution in [0.25, 0.3) is 0 Å². The molecule has 1 heterocycles. The molecule has 4 saturated carbocycles. The van der Waals surface area contributed by atoms with E-state index >= 15 is 0 Å². The lowest BCUT2D eigenvalue weighted by Crippen LogP contribution is -2.70. The highest BCUT2D eigenvalue weighted by Gasteiger charge is 2.73. The van der Waals surface area contributed by atoms with Crippen molar-refractivity contribution < 1.29 is 49.6 Å². The maximum Gasteiger partial charge on any atom is 0.310 e. The van der Waals surface area contributed by atoms with Crippen molar-refractivity contribution in [2.24, 2.45) is 56.2 Å². The van der Waals surface area contributed by atoms with Crippen LogP contribution in [0.3, 0.4) is 0 Å². The van der Waals surface area contributed by atoms with Crippen LogP contribution >= 0.6 is 0 Å². The first-order valence-electron chi connectivity index (χ1n) is 23.2. The van der Waals surface area contributed by atoms with Gasteiger partial charge in [0.2, 0.25) is 0 Å². The minimum atomic E-state index is -1.48. The Kier molecular flexibility index (Phi) is 13.2. The third-order valence-electron chi connectivity index (χ3n) is 18.3. The van der Waals surface area contributed by atoms with Gasteiger partial charge in [0.25, 0.3) is 0 Å². The summed E-state index contributed by atoms with van der Waals surface area (Å²) in [6.45, 7) is 14.6. The van der Waals surface area contributed by atoms with E-state index in [-0.39, 0.29) is 65.2 Å². The number of allylic oxidation sites excluding steroid dienone is 2. The summed E-state index contributed by atoms with van der Waals surface area (Å²) in [6.07, 6.45) is 5.89. The molecule has 0 spiro atoms. The molecule has 5 aliphatic carbocycles. The van der Waals surface area contributed by atoms with Gasteiger partial charge in [0.1, 0.15) is 18.3 Å². The van der Waals surface area contributed by atoms with Crippen LogP contribution in [0.4, 0.5) is 0 Å². The fourth-order valence-corrected chi connectivity index (χ4v) is 14.7. The molecule has 0 amide bonds. The van der Waals surface area contributed by atoms with E-state index in [1.165, 1.54) is 5.57 Å². The van der Waals surface area contributed by atoms with E-state index < -0.39 is 53.6 Å². The topological polar surface area (TPSA) is 178 Å². The first-order chi connectivity index (χ1) is 28.4. The smallest absolute Gasteiger partial charge is 0.310 e. The number of aliphatic hydroxyl groups excluding tert-OH is 5. The number of carboxylic acids is 1. The zero-order chi connectivity index (χ0) is 43.5. The van der Waals surface area contributed by atoms with Crippen LogP contribution in [-0.4, -0.2) is 100 Å². The van der Waals surface area contributed by atoms with Gasteiger partial charge >= 0.3 is 5.97 Å². The molecule has 0 radical (unpaired) electrons. The van der Waals surface area contributed by atoms with E-state index in [2.05, 4.69) is 77.2 Å². The summed E-state index contributed by atoms with van der Waals surface area (Å²) in [5, 5.41) is 68.8. The van der Waals surface area contributed by atoms with Gasteiger partial charge in [-0.05, 0) is 121 Å². The molecule has 0 unspecified atom stereocenters. The van der Waals surface area contributed by atoms with E-state index in [0.717, 1.165) is 62.6 Å². The molecule has 11 heteroatoms. The number of aliphatic carboxylic acids is 1. The Bertz CT molecular complexity index is 1710. The average Bonchev–Trinajstić information content (AvgIpc) is 3.22. The number of rotatable bonds is 14. The van der Waals surface area contributed by atoms with Crippen LogP contribution in [0.15, 0.2) is 35.9 Å². The SMILES string of the molecule is CCCCC[C@@H]1C[C@]2(C(=O)O)CC[C@](C)(CO)C[C@H]2C2=CC[C@H]3[C@@]4(C)C[C@@H](OCc5ccc(CNC)cc5)[C@@H](O[C@H]5OC[C@@H](O)[C@H](O)[C@H]5O)[C@@](C)(CO)[C@@H]4CC[C@@]3(C)[C@@]21C. The molecule has 7 N–H and O–H groups in total. The van der Waals surface area contributed by atoms with Crippen molar-refractivity contribution in [3.63, 3.8) is 0 Å². The monoisotopic (exact) mass is 840 g/mol. The number of unbranched alkanes of at least 4 members (excludes halogenated alkanes) is 2. The van der Waals surface area contributed by atoms with Gasteiger partial charge < -0.3 is 50.2 Å². The summed E-state index contributed by atoms with van der Waals surface area (Å²) in [5.74, 6) is -0.455. The maximum atomic E-state index is 13.7. The van der Waals surface area contributed by atoms with Crippen LogP contribution < -0.4 is 5.32 Å². The molecular weight excluding hydrogens is 763 g/mol. The number of carbonyl (C=O) groups is 1. The molecule has 1 aliphatic heterocycles. The van der Waals surface area contributed by atoms with E-state index in [1.54, 1.807) is 0 Å². The number of hydrogen-bond acceptors (Lipinski definition) is 10. The molecule has 338 valence electrons. The number of hydrogen-bond donors (Lipinski definition) is 7. The van der Waals surface area contributed by atoms with Gasteiger partial charge in [-0.2, -0.15) is 0 Å². The molecule has 0 aromatic heterocycles. The van der Waals surface area contributed by atoms with Crippen molar-refractivity contribution in [1.29, 1.82) is 0 Å². The fourth-order valence-electron chi connectivity index (χ4n) is 14.7. The van der Waals surface area contributed by atoms with E-state index in [9.17, 15) is 35.4 Å². The standard InChI is InChI=1S/C49H77NO10/c1-8-9-10-11-32-22-49(43(56)57)21-20-44(2,28-51)23-34(49)33-16-17-38-45(3)24-36(58-26-31-14-12-30(13-15-31)25-50-7)41(60-42-40(55)39(54)35(53)27-59-42)46(4,29-52)37(45)18-19-47(38,5)48(32,33)6/h12-16,32,34-42,50-55H,8-11,17-29H2,1-7H3,(H,56,57)/t32-,34+,35-,36-,37-,38+,39+,40-,41-,42-,44+,45+,46+,47-,48-,49-/m1/s1. The van der Waals surface area contributed by atoms with Gasteiger partial charge in [0.15, 0.2) is 6.29 Å².